The van der Waals surface area contributed by atoms with Crippen LogP contribution in [0.3, 0.4) is 0 Å². The van der Waals surface area contributed by atoms with Crippen LogP contribution in [0.2, 0.25) is 0 Å². The van der Waals surface area contributed by atoms with Crippen molar-refractivity contribution in [3.05, 3.63) is 9.52 Å². The van der Waals surface area contributed by atoms with Crippen molar-refractivity contribution in [3.8, 4) is 0 Å². The van der Waals surface area contributed by atoms with Gasteiger partial charge in [-0.2, -0.15) is 0 Å². The minimum Gasteiger partial charge on any atom is -0.269 e. The standard InChI is InChI=1S/C3H2Cl4.FH/c4-1-2(5)3(6)7;/h1H2;1H. The summed E-state index contributed by atoms with van der Waals surface area (Å²) in [4.78, 5) is 0. The van der Waals surface area contributed by atoms with E-state index in [9.17, 15) is 0 Å². The fraction of sp³-hybridized carbons (Fsp3) is 0.333. The average Bonchev–Trinajstić information content (AvgIpc) is 1.65. The maximum atomic E-state index is 5.28. The van der Waals surface area contributed by atoms with Crippen LogP contribution in [-0.2, 0) is 0 Å². The van der Waals surface area contributed by atoms with Crippen LogP contribution in [0.25, 0.3) is 0 Å². The Kier molecular flexibility index (Phi) is 8.64. The molecule has 0 aliphatic heterocycles. The van der Waals surface area contributed by atoms with E-state index in [0.717, 1.165) is 0 Å². The number of rotatable bonds is 1. The number of hydrogen-bond donors (Lipinski definition) is 0. The van der Waals surface area contributed by atoms with Gasteiger partial charge in [0.05, 0.1) is 10.9 Å². The largest absolute Gasteiger partial charge is 0.269 e. The molecule has 0 bridgehead atoms. The van der Waals surface area contributed by atoms with Crippen molar-refractivity contribution in [2.45, 2.75) is 0 Å². The lowest BCUT2D eigenvalue weighted by atomic mass is 10.7. The fourth-order valence-electron chi connectivity index (χ4n) is 0.0505. The molecule has 0 N–H and O–H groups in total. The second kappa shape index (κ2) is 5.96. The zero-order valence-corrected chi connectivity index (χ0v) is 6.65. The van der Waals surface area contributed by atoms with Gasteiger partial charge in [-0.1, -0.05) is 34.8 Å². The van der Waals surface area contributed by atoms with E-state index in [1.54, 1.807) is 0 Å². The Hall–Kier alpha value is 0.830. The van der Waals surface area contributed by atoms with Crippen LogP contribution in [0.4, 0.5) is 4.70 Å². The third kappa shape index (κ3) is 4.98. The van der Waals surface area contributed by atoms with E-state index < -0.39 is 0 Å². The summed E-state index contributed by atoms with van der Waals surface area (Å²) in [6, 6.07) is 0. The van der Waals surface area contributed by atoms with E-state index in [1.165, 1.54) is 0 Å². The van der Waals surface area contributed by atoms with Crippen molar-refractivity contribution in [1.29, 1.82) is 0 Å². The van der Waals surface area contributed by atoms with Gasteiger partial charge in [-0.15, -0.1) is 11.6 Å². The molecule has 0 aromatic heterocycles. The molecule has 5 heteroatoms. The fourth-order valence-corrected chi connectivity index (χ4v) is 0.455. The van der Waals surface area contributed by atoms with Gasteiger partial charge in [-0.25, -0.2) is 0 Å². The lowest BCUT2D eigenvalue weighted by molar-refractivity contribution is 1.11. The Morgan fingerprint density at radius 2 is 1.50 bits per heavy atom. The summed E-state index contributed by atoms with van der Waals surface area (Å²) < 4.78 is 0.0386. The van der Waals surface area contributed by atoms with Crippen molar-refractivity contribution < 1.29 is 4.70 Å². The van der Waals surface area contributed by atoms with Crippen molar-refractivity contribution in [2.75, 3.05) is 5.88 Å². The van der Waals surface area contributed by atoms with Crippen LogP contribution in [0.15, 0.2) is 9.52 Å². The number of allylic oxidation sites excluding steroid dienone is 1. The molecule has 0 aliphatic carbocycles. The highest BCUT2D eigenvalue weighted by Gasteiger charge is 1.92. The lowest BCUT2D eigenvalue weighted by Crippen LogP contribution is -1.69. The summed E-state index contributed by atoms with van der Waals surface area (Å²) in [5.41, 5.74) is 0. The van der Waals surface area contributed by atoms with Gasteiger partial charge in [0, 0.05) is 0 Å². The molecule has 50 valence electrons. The molecule has 0 aromatic carbocycles. The molecule has 0 saturated heterocycles. The van der Waals surface area contributed by atoms with Gasteiger partial charge in [-0.05, 0) is 0 Å². The van der Waals surface area contributed by atoms with Crippen molar-refractivity contribution >= 4 is 46.4 Å². The van der Waals surface area contributed by atoms with Crippen LogP contribution < -0.4 is 0 Å². The molecule has 0 fully saturated rings. The Morgan fingerprint density at radius 3 is 1.50 bits per heavy atom. The highest BCUT2D eigenvalue weighted by molar-refractivity contribution is 6.60. The summed E-state index contributed by atoms with van der Waals surface area (Å²) in [7, 11) is 0. The SMILES string of the molecule is ClCC(Cl)=C(Cl)Cl.F. The van der Waals surface area contributed by atoms with Crippen LogP contribution in [0.5, 0.6) is 0 Å². The highest BCUT2D eigenvalue weighted by atomic mass is 35.5. The van der Waals surface area contributed by atoms with Crippen LogP contribution in [-0.4, -0.2) is 5.88 Å². The quantitative estimate of drug-likeness (QED) is 0.569. The van der Waals surface area contributed by atoms with E-state index in [2.05, 4.69) is 0 Å². The van der Waals surface area contributed by atoms with E-state index in [-0.39, 0.29) is 20.1 Å². The number of alkyl halides is 1. The lowest BCUT2D eigenvalue weighted by Gasteiger charge is -1.85. The minimum absolute atomic E-state index is 0. The Labute approximate surface area is 66.7 Å². The third-order valence-corrected chi connectivity index (χ3v) is 1.70. The first kappa shape index (κ1) is 11.6. The summed E-state index contributed by atoms with van der Waals surface area (Å²) in [6.07, 6.45) is 0. The summed E-state index contributed by atoms with van der Waals surface area (Å²) in [5.74, 6) is 0.171. The monoisotopic (exact) mass is 198 g/mol. The molecular weight excluding hydrogens is 197 g/mol. The van der Waals surface area contributed by atoms with E-state index in [1.807, 2.05) is 0 Å². The van der Waals surface area contributed by atoms with E-state index in [0.29, 0.717) is 0 Å². The van der Waals surface area contributed by atoms with Gasteiger partial charge in [0.2, 0.25) is 0 Å². The molecule has 0 amide bonds. The Balaban J connectivity index is 0. The number of halogens is 5. The average molecular weight is 200 g/mol. The molecule has 0 atom stereocenters. The molecule has 0 heterocycles. The summed E-state index contributed by atoms with van der Waals surface area (Å²) in [6.45, 7) is 0. The predicted molar refractivity (Wildman–Crippen MR) is 37.8 cm³/mol. The molecule has 8 heavy (non-hydrogen) atoms. The van der Waals surface area contributed by atoms with Gasteiger partial charge >= 0.3 is 0 Å². The first-order valence-corrected chi connectivity index (χ1v) is 3.11. The summed E-state index contributed by atoms with van der Waals surface area (Å²) >= 11 is 20.8. The summed E-state index contributed by atoms with van der Waals surface area (Å²) in [5, 5.41) is 0.282. The first-order valence-electron chi connectivity index (χ1n) is 1.44. The molecule has 0 aromatic rings. The maximum absolute atomic E-state index is 5.28. The Morgan fingerprint density at radius 1 is 1.12 bits per heavy atom. The molecule has 0 radical (unpaired) electrons. The first-order chi connectivity index (χ1) is 3.18. The van der Waals surface area contributed by atoms with Crippen molar-refractivity contribution in [1.82, 2.24) is 0 Å². The minimum atomic E-state index is 0. The van der Waals surface area contributed by atoms with E-state index in [4.69, 9.17) is 46.4 Å². The van der Waals surface area contributed by atoms with Gasteiger partial charge in [0.1, 0.15) is 4.49 Å². The second-order valence-corrected chi connectivity index (χ2v) is 2.47. The molecule has 0 aliphatic rings. The van der Waals surface area contributed by atoms with Gasteiger partial charge in [0.15, 0.2) is 0 Å². The smallest absolute Gasteiger partial charge is 0.122 e. The van der Waals surface area contributed by atoms with Crippen molar-refractivity contribution in [3.63, 3.8) is 0 Å². The van der Waals surface area contributed by atoms with Crippen LogP contribution >= 0.6 is 46.4 Å². The molecule has 0 nitrogen and oxygen atoms in total. The molecule has 0 spiro atoms. The van der Waals surface area contributed by atoms with Crippen molar-refractivity contribution in [2.24, 2.45) is 0 Å². The van der Waals surface area contributed by atoms with Gasteiger partial charge in [-0.3, -0.25) is 4.70 Å². The second-order valence-electron chi connectivity index (χ2n) is 0.799. The van der Waals surface area contributed by atoms with Gasteiger partial charge < -0.3 is 0 Å². The predicted octanol–water partition coefficient (Wildman–Crippen LogP) is 3.26. The molecule has 0 unspecified atom stereocenters. The molecule has 0 rings (SSSR count). The topological polar surface area (TPSA) is 0 Å². The van der Waals surface area contributed by atoms with Crippen LogP contribution in [0, 0.1) is 0 Å². The zero-order chi connectivity index (χ0) is 5.86. The highest BCUT2D eigenvalue weighted by Crippen LogP contribution is 2.17. The third-order valence-electron chi connectivity index (χ3n) is 0.322. The van der Waals surface area contributed by atoms with Gasteiger partial charge in [0.25, 0.3) is 0 Å². The zero-order valence-electron chi connectivity index (χ0n) is 3.63. The Bertz CT molecular complexity index is 85.3. The maximum Gasteiger partial charge on any atom is 0.122 e. The molecule has 0 saturated carbocycles. The van der Waals surface area contributed by atoms with E-state index >= 15 is 0 Å². The molecular formula is C3H3Cl4F. The van der Waals surface area contributed by atoms with Crippen LogP contribution in [0.1, 0.15) is 0 Å². The number of hydrogen-bond acceptors (Lipinski definition) is 0. The normalized spacial score (nSPS) is 7.50.